The molecular formula is C76H72N10Ru. The van der Waals surface area contributed by atoms with E-state index in [-0.39, 0.29) is 64.5 Å². The van der Waals surface area contributed by atoms with E-state index in [9.17, 15) is 21.6 Å². The minimum absolute atomic E-state index is 0. The normalized spacial score (nSPS) is 15.4. The van der Waals surface area contributed by atoms with E-state index in [4.69, 9.17) is 10.6 Å². The van der Waals surface area contributed by atoms with Crippen LogP contribution in [0.3, 0.4) is 0 Å². The van der Waals surface area contributed by atoms with Crippen LogP contribution in [0.1, 0.15) is 150 Å². The van der Waals surface area contributed by atoms with Crippen LogP contribution >= 0.6 is 0 Å². The number of benzene rings is 8. The minimum Gasteiger partial charge on any atom is -0.464 e. The molecule has 0 aromatic heterocycles. The van der Waals surface area contributed by atoms with E-state index in [0.717, 1.165) is 44.5 Å². The van der Waals surface area contributed by atoms with Crippen molar-refractivity contribution in [2.24, 2.45) is 20.0 Å². The molecule has 0 unspecified atom stereocenters. The van der Waals surface area contributed by atoms with Gasteiger partial charge < -0.3 is 52.2 Å². The molecule has 434 valence electrons. The summed E-state index contributed by atoms with van der Waals surface area (Å²) in [6.07, 6.45) is 0. The predicted molar refractivity (Wildman–Crippen MR) is 366 cm³/mol. The molecular weight excluding hydrogens is 1150 g/mol. The number of amidine groups is 8. The maximum Gasteiger partial charge on any atom is 6.00 e. The summed E-state index contributed by atoms with van der Waals surface area (Å²) in [5.74, 6) is 0.676. The van der Waals surface area contributed by atoms with Crippen LogP contribution in [0.4, 0.5) is 0 Å². The second-order valence-corrected chi connectivity index (χ2v) is 25.5. The first-order chi connectivity index (χ1) is 40.8. The monoisotopic (exact) mass is 1230 g/mol. The van der Waals surface area contributed by atoms with E-state index in [2.05, 4.69) is 200 Å². The molecule has 0 N–H and O–H groups in total. The fourth-order valence-corrected chi connectivity index (χ4v) is 9.84. The summed E-state index contributed by atoms with van der Waals surface area (Å²) < 4.78 is 0. The van der Waals surface area contributed by atoms with Gasteiger partial charge in [0.15, 0.2) is 0 Å². The second kappa shape index (κ2) is 26.6. The Hall–Kier alpha value is -9.18. The summed E-state index contributed by atoms with van der Waals surface area (Å²) in [4.78, 5) is 18.5. The number of hydrogen-bond acceptors (Lipinski definition) is 0. The maximum atomic E-state index is 11.1. The third kappa shape index (κ3) is 15.5. The van der Waals surface area contributed by atoms with Gasteiger partial charge in [-0.15, -0.1) is 0 Å². The fourth-order valence-electron chi connectivity index (χ4n) is 9.84. The van der Waals surface area contributed by atoms with E-state index >= 15 is 0 Å². The molecule has 10 nitrogen and oxygen atoms in total. The standard InChI is InChI=1S/2C38H36N5.Ru/c2*1-37(2,3)29-21-17-25(18-22-29)31-32(26-19-23-30(24-20-26)38(4,5)6)36(42-34(40)28-15-11-8-12-16-28)43-35(31)41-33(39)27-13-9-7-10-14-27;/h2*7-24H,1-6H3;/q2*-3;+6. The number of rotatable bonds is 8. The molecule has 0 bridgehead atoms. The zero-order valence-corrected chi connectivity index (χ0v) is 53.3. The Balaban J connectivity index is 0.000000223. The first-order valence-electron chi connectivity index (χ1n) is 29.0. The van der Waals surface area contributed by atoms with Crippen LogP contribution in [-0.2, 0) is 41.1 Å². The van der Waals surface area contributed by atoms with Crippen LogP contribution in [0.2, 0.25) is 0 Å². The van der Waals surface area contributed by atoms with E-state index in [1.807, 2.05) is 72.8 Å². The van der Waals surface area contributed by atoms with Gasteiger partial charge in [-0.2, -0.15) is 0 Å². The average molecular weight is 1230 g/mol. The fraction of sp³-hybridized carbons (Fsp3) is 0.211. The molecule has 0 fully saturated rings. The van der Waals surface area contributed by atoms with Crippen LogP contribution in [0.25, 0.3) is 54.6 Å². The number of aliphatic imine (C=N–C) groups is 4. The van der Waals surface area contributed by atoms with Crippen molar-refractivity contribution in [3.63, 3.8) is 0 Å². The van der Waals surface area contributed by atoms with Gasteiger partial charge in [0.2, 0.25) is 0 Å². The van der Waals surface area contributed by atoms with E-state index < -0.39 is 0 Å². The molecule has 11 heteroatoms. The van der Waals surface area contributed by atoms with Crippen molar-refractivity contribution in [1.82, 2.24) is 0 Å². The molecule has 0 spiro atoms. The molecule has 0 aliphatic carbocycles. The van der Waals surface area contributed by atoms with Crippen molar-refractivity contribution < 1.29 is 19.5 Å². The van der Waals surface area contributed by atoms with Gasteiger partial charge in [-0.1, -0.05) is 313 Å². The predicted octanol–water partition coefficient (Wildman–Crippen LogP) is 18.8. The summed E-state index contributed by atoms with van der Waals surface area (Å²) in [6.45, 7) is 26.2. The average Bonchev–Trinajstić information content (AvgIpc) is 1.86. The molecule has 0 saturated heterocycles. The van der Waals surface area contributed by atoms with E-state index in [1.54, 1.807) is 48.5 Å². The minimum atomic E-state index is -0.150. The summed E-state index contributed by atoms with van der Waals surface area (Å²) in [6, 6.07) is 70.1. The van der Waals surface area contributed by atoms with Crippen molar-refractivity contribution in [2.75, 3.05) is 0 Å². The van der Waals surface area contributed by atoms with Crippen LogP contribution in [0, 0.1) is 0 Å². The van der Waals surface area contributed by atoms with Crippen LogP contribution in [0.5, 0.6) is 0 Å². The smallest absolute Gasteiger partial charge is 0.464 e. The molecule has 10 rings (SSSR count). The first kappa shape index (κ1) is 63.8. The molecule has 8 aromatic rings. The Kier molecular flexibility index (Phi) is 19.5. The summed E-state index contributed by atoms with van der Waals surface area (Å²) >= 11 is 0. The van der Waals surface area contributed by atoms with Gasteiger partial charge in [0, 0.05) is 22.8 Å². The summed E-state index contributed by atoms with van der Waals surface area (Å²) in [7, 11) is 0. The molecule has 2 aliphatic heterocycles. The van der Waals surface area contributed by atoms with Gasteiger partial charge in [0.05, 0.1) is 0 Å². The Bertz CT molecular complexity index is 3470. The van der Waals surface area contributed by atoms with Crippen molar-refractivity contribution in [3.8, 4) is 0 Å². The molecule has 2 heterocycles. The SMILES string of the molecule is CC(C)(C)c1ccc(C2=C(c3ccc(C(C)(C)C)cc3)C(=NC(=[N-])c3ccccc3)[N-]C2=NC(=[N-])c2ccccc2)cc1.CC(C)(C)c1ccc(C2=C(c3ccc(C(C)(C)C)cc3)C(=NC(=[N-])c3ccccc3)[N-]C2=NC(=[N-])c2ccccc2)cc1.[Ru+6]. The van der Waals surface area contributed by atoms with Gasteiger partial charge in [-0.3, -0.25) is 0 Å². The van der Waals surface area contributed by atoms with Crippen LogP contribution in [-0.4, -0.2) is 46.7 Å². The Morgan fingerprint density at radius 3 is 0.563 bits per heavy atom. The third-order valence-electron chi connectivity index (χ3n) is 15.0. The molecule has 0 radical (unpaired) electrons. The molecule has 2 aliphatic rings. The molecule has 0 saturated carbocycles. The van der Waals surface area contributed by atoms with Crippen molar-refractivity contribution >= 4 is 69.0 Å². The van der Waals surface area contributed by atoms with E-state index in [1.165, 1.54) is 22.3 Å². The maximum absolute atomic E-state index is 11.1. The third-order valence-corrected chi connectivity index (χ3v) is 15.0. The summed E-state index contributed by atoms with van der Waals surface area (Å²) in [5, 5.41) is 54.0. The largest absolute Gasteiger partial charge is 6.00 e. The Morgan fingerprint density at radius 2 is 0.414 bits per heavy atom. The zero-order chi connectivity index (χ0) is 61.6. The first-order valence-corrected chi connectivity index (χ1v) is 29.0. The van der Waals surface area contributed by atoms with Gasteiger partial charge in [-0.05, 0) is 123 Å². The second-order valence-electron chi connectivity index (χ2n) is 25.5. The van der Waals surface area contributed by atoms with Crippen molar-refractivity contribution in [3.05, 3.63) is 317 Å². The van der Waals surface area contributed by atoms with Gasteiger partial charge in [-0.25, -0.2) is 0 Å². The molecule has 0 amide bonds. The number of nitrogens with zero attached hydrogens (tertiary/aromatic N) is 10. The quantitative estimate of drug-likeness (QED) is 0.0803. The van der Waals surface area contributed by atoms with Gasteiger partial charge in [0.1, 0.15) is 0 Å². The van der Waals surface area contributed by atoms with E-state index in [0.29, 0.717) is 45.6 Å². The zero-order valence-electron chi connectivity index (χ0n) is 51.6. The van der Waals surface area contributed by atoms with Gasteiger partial charge >= 0.3 is 19.5 Å². The van der Waals surface area contributed by atoms with Crippen LogP contribution < -0.4 is 0 Å². The molecule has 87 heavy (non-hydrogen) atoms. The number of hydrogen-bond donors (Lipinski definition) is 0. The summed E-state index contributed by atoms with van der Waals surface area (Å²) in [5.41, 5.74) is 13.5. The van der Waals surface area contributed by atoms with Crippen molar-refractivity contribution in [1.29, 1.82) is 0 Å². The van der Waals surface area contributed by atoms with Crippen LogP contribution in [0.15, 0.2) is 238 Å². The topological polar surface area (TPSA) is 167 Å². The Morgan fingerprint density at radius 1 is 0.253 bits per heavy atom. The van der Waals surface area contributed by atoms with Crippen molar-refractivity contribution in [2.45, 2.75) is 105 Å². The molecule has 0 atom stereocenters. The Labute approximate surface area is 527 Å². The van der Waals surface area contributed by atoms with Gasteiger partial charge in [0.25, 0.3) is 0 Å². The molecule has 8 aromatic carbocycles.